The van der Waals surface area contributed by atoms with Crippen molar-refractivity contribution in [3.63, 3.8) is 0 Å². The number of nitrogens with zero attached hydrogens (tertiary/aromatic N) is 5. The maximum atomic E-state index is 5.61. The number of fused-ring (bicyclic) bond motifs is 1. The van der Waals surface area contributed by atoms with Crippen molar-refractivity contribution in [1.82, 2.24) is 25.1 Å². The number of hydrogen-bond acceptors (Lipinski definition) is 6. The van der Waals surface area contributed by atoms with E-state index < -0.39 is 0 Å². The molecule has 0 radical (unpaired) electrons. The number of ether oxygens (including phenoxy) is 1. The van der Waals surface area contributed by atoms with E-state index in [-0.39, 0.29) is 0 Å². The normalized spacial score (nSPS) is 18.0. The van der Waals surface area contributed by atoms with E-state index in [2.05, 4.69) is 42.1 Å². The van der Waals surface area contributed by atoms with E-state index in [0.29, 0.717) is 11.6 Å². The molecule has 6 nitrogen and oxygen atoms in total. The second kappa shape index (κ2) is 7.19. The molecule has 2 aromatic heterocycles. The number of likely N-dealkylation sites (N-methyl/N-ethyl adjacent to an activating group) is 1. The summed E-state index contributed by atoms with van der Waals surface area (Å²) in [6.45, 7) is 6.25. The van der Waals surface area contributed by atoms with Crippen molar-refractivity contribution in [2.45, 2.75) is 32.6 Å². The van der Waals surface area contributed by atoms with E-state index in [1.54, 1.807) is 7.11 Å². The van der Waals surface area contributed by atoms with Gasteiger partial charge >= 0.3 is 0 Å². The van der Waals surface area contributed by atoms with Crippen LogP contribution in [-0.4, -0.2) is 52.3 Å². The van der Waals surface area contributed by atoms with Crippen molar-refractivity contribution in [2.24, 2.45) is 0 Å². The number of benzene rings is 1. The molecular weight excluding hydrogens is 338 g/mol. The minimum Gasteiger partial charge on any atom is -0.496 e. The molecule has 140 valence electrons. The predicted octanol–water partition coefficient (Wildman–Crippen LogP) is 3.52. The third-order valence-corrected chi connectivity index (χ3v) is 5.24. The molecule has 1 unspecified atom stereocenters. The second-order valence-electron chi connectivity index (χ2n) is 7.47. The number of piperidine rings is 1. The lowest BCUT2D eigenvalue weighted by Crippen LogP contribution is -2.31. The lowest BCUT2D eigenvalue weighted by atomic mass is 9.98. The molecule has 0 saturated carbocycles. The van der Waals surface area contributed by atoms with Crippen LogP contribution < -0.4 is 4.74 Å². The van der Waals surface area contributed by atoms with Gasteiger partial charge in [0, 0.05) is 18.0 Å². The van der Waals surface area contributed by atoms with Gasteiger partial charge in [-0.15, -0.1) is 10.2 Å². The first-order valence-electron chi connectivity index (χ1n) is 9.40. The van der Waals surface area contributed by atoms with Gasteiger partial charge in [-0.1, -0.05) is 6.07 Å². The first kappa shape index (κ1) is 17.8. The smallest absolute Gasteiger partial charge is 0.182 e. The Kier molecular flexibility index (Phi) is 4.74. The zero-order valence-electron chi connectivity index (χ0n) is 16.4. The van der Waals surface area contributed by atoms with Gasteiger partial charge in [0.15, 0.2) is 11.5 Å². The van der Waals surface area contributed by atoms with Gasteiger partial charge in [-0.3, -0.25) is 0 Å². The number of aromatic nitrogens is 4. The molecule has 27 heavy (non-hydrogen) atoms. The third kappa shape index (κ3) is 3.49. The predicted molar refractivity (Wildman–Crippen MR) is 106 cm³/mol. The Morgan fingerprint density at radius 1 is 1.11 bits per heavy atom. The van der Waals surface area contributed by atoms with Crippen molar-refractivity contribution in [3.8, 4) is 17.0 Å². The summed E-state index contributed by atoms with van der Waals surface area (Å²) in [5.41, 5.74) is 5.52. The number of likely N-dealkylation sites (tertiary alicyclic amines) is 1. The third-order valence-electron chi connectivity index (χ3n) is 5.24. The summed E-state index contributed by atoms with van der Waals surface area (Å²) < 4.78 is 5.61. The lowest BCUT2D eigenvalue weighted by Gasteiger charge is -2.28. The van der Waals surface area contributed by atoms with Gasteiger partial charge < -0.3 is 9.64 Å². The van der Waals surface area contributed by atoms with Gasteiger partial charge in [-0.2, -0.15) is 0 Å². The van der Waals surface area contributed by atoms with E-state index >= 15 is 0 Å². The molecule has 6 heteroatoms. The van der Waals surface area contributed by atoms with Crippen molar-refractivity contribution in [3.05, 3.63) is 41.2 Å². The largest absolute Gasteiger partial charge is 0.496 e. The summed E-state index contributed by atoms with van der Waals surface area (Å²) in [5, 5.41) is 8.75. The molecule has 0 amide bonds. The number of rotatable bonds is 3. The zero-order chi connectivity index (χ0) is 19.0. The van der Waals surface area contributed by atoms with E-state index in [4.69, 9.17) is 14.7 Å². The molecule has 3 aromatic rings. The molecule has 3 heterocycles. The first-order chi connectivity index (χ1) is 13.0. The molecule has 1 atom stereocenters. The second-order valence-corrected chi connectivity index (χ2v) is 7.47. The van der Waals surface area contributed by atoms with Gasteiger partial charge in [0.2, 0.25) is 0 Å². The van der Waals surface area contributed by atoms with Crippen molar-refractivity contribution >= 4 is 11.2 Å². The van der Waals surface area contributed by atoms with E-state index in [1.165, 1.54) is 5.56 Å². The van der Waals surface area contributed by atoms with Gasteiger partial charge in [0.25, 0.3) is 0 Å². The van der Waals surface area contributed by atoms with Crippen molar-refractivity contribution in [2.75, 3.05) is 27.2 Å². The van der Waals surface area contributed by atoms with Crippen LogP contribution in [0.5, 0.6) is 5.75 Å². The number of hydrogen-bond donors (Lipinski definition) is 0. The fourth-order valence-electron chi connectivity index (χ4n) is 3.94. The van der Waals surface area contributed by atoms with Crippen LogP contribution in [0.3, 0.4) is 0 Å². The maximum absolute atomic E-state index is 5.61. The number of aryl methyl sites for hydroxylation is 2. The maximum Gasteiger partial charge on any atom is 0.182 e. The lowest BCUT2D eigenvalue weighted by molar-refractivity contribution is 0.245. The van der Waals surface area contributed by atoms with Gasteiger partial charge in [0.1, 0.15) is 11.3 Å². The van der Waals surface area contributed by atoms with E-state index in [0.717, 1.165) is 59.8 Å². The molecule has 1 aliphatic heterocycles. The number of methoxy groups -OCH3 is 1. The molecule has 1 aliphatic rings. The van der Waals surface area contributed by atoms with Crippen molar-refractivity contribution < 1.29 is 4.74 Å². The average Bonchev–Trinajstić information content (AvgIpc) is 2.66. The number of pyridine rings is 1. The summed E-state index contributed by atoms with van der Waals surface area (Å²) in [4.78, 5) is 11.9. The summed E-state index contributed by atoms with van der Waals surface area (Å²) >= 11 is 0. The highest BCUT2D eigenvalue weighted by atomic mass is 16.5. The van der Waals surface area contributed by atoms with Gasteiger partial charge in [0.05, 0.1) is 12.8 Å². The Morgan fingerprint density at radius 2 is 1.96 bits per heavy atom. The van der Waals surface area contributed by atoms with Crippen molar-refractivity contribution in [1.29, 1.82) is 0 Å². The van der Waals surface area contributed by atoms with Crippen LogP contribution in [0.1, 0.15) is 35.7 Å². The molecular formula is C21H25N5O. The topological polar surface area (TPSA) is 64.0 Å². The highest BCUT2D eigenvalue weighted by Gasteiger charge is 2.22. The first-order valence-corrected chi connectivity index (χ1v) is 9.40. The van der Waals surface area contributed by atoms with Crippen LogP contribution in [0.4, 0.5) is 0 Å². The molecule has 1 aromatic carbocycles. The van der Waals surface area contributed by atoms with Crippen LogP contribution in [-0.2, 0) is 0 Å². The molecule has 0 aliphatic carbocycles. The van der Waals surface area contributed by atoms with Crippen LogP contribution >= 0.6 is 0 Å². The van der Waals surface area contributed by atoms with Crippen LogP contribution in [0, 0.1) is 13.8 Å². The minimum atomic E-state index is 0.321. The Balaban J connectivity index is 1.78. The van der Waals surface area contributed by atoms with Crippen LogP contribution in [0.15, 0.2) is 24.3 Å². The Bertz CT molecular complexity index is 988. The van der Waals surface area contributed by atoms with Gasteiger partial charge in [-0.05, 0) is 69.6 Å². The fourth-order valence-corrected chi connectivity index (χ4v) is 3.94. The molecule has 0 bridgehead atoms. The Labute approximate surface area is 159 Å². The molecule has 1 fully saturated rings. The van der Waals surface area contributed by atoms with Gasteiger partial charge in [-0.25, -0.2) is 9.97 Å². The molecule has 4 rings (SSSR count). The zero-order valence-corrected chi connectivity index (χ0v) is 16.4. The van der Waals surface area contributed by atoms with E-state index in [1.807, 2.05) is 18.2 Å². The van der Waals surface area contributed by atoms with E-state index in [9.17, 15) is 0 Å². The highest BCUT2D eigenvalue weighted by Crippen LogP contribution is 2.34. The Hall–Kier alpha value is -2.60. The monoisotopic (exact) mass is 363 g/mol. The molecule has 0 N–H and O–H groups in total. The van der Waals surface area contributed by atoms with Crippen LogP contribution in [0.25, 0.3) is 22.4 Å². The summed E-state index contributed by atoms with van der Waals surface area (Å²) in [6, 6.07) is 8.08. The summed E-state index contributed by atoms with van der Waals surface area (Å²) in [6.07, 6.45) is 2.26. The quantitative estimate of drug-likeness (QED) is 0.709. The molecule has 1 saturated heterocycles. The fraction of sp³-hybridized carbons (Fsp3) is 0.429. The molecule has 0 spiro atoms. The highest BCUT2D eigenvalue weighted by molar-refractivity contribution is 5.78. The Morgan fingerprint density at radius 3 is 2.74 bits per heavy atom. The summed E-state index contributed by atoms with van der Waals surface area (Å²) in [5.74, 6) is 1.95. The SMILES string of the molecule is COc1cc(C)cc(C)c1-c1ccc2nnc(C3CCCN(C)C3)nc2n1. The summed E-state index contributed by atoms with van der Waals surface area (Å²) in [7, 11) is 3.84. The minimum absolute atomic E-state index is 0.321. The standard InChI is InChI=1S/C21H25N5O/c1-13-10-14(2)19(18(11-13)27-4)16-7-8-17-21(22-16)23-20(25-24-17)15-6-5-9-26(3)12-15/h7-8,10-11,15H,5-6,9,12H2,1-4H3. The average molecular weight is 363 g/mol. The van der Waals surface area contributed by atoms with Crippen LogP contribution in [0.2, 0.25) is 0 Å².